The average Bonchev–Trinajstić information content (AvgIpc) is 2.51. The molecule has 1 aromatic carbocycles. The largest absolute Gasteiger partial charge is 0.388 e. The highest BCUT2D eigenvalue weighted by molar-refractivity contribution is 5.80. The number of benzene rings is 1. The molecule has 1 fully saturated rings. The summed E-state index contributed by atoms with van der Waals surface area (Å²) in [5.41, 5.74) is 7.94. The number of aryl methyl sites for hydroxylation is 1. The second-order valence-corrected chi connectivity index (χ2v) is 6.29. The molecule has 0 spiro atoms. The van der Waals surface area contributed by atoms with Crippen LogP contribution in [0.5, 0.6) is 0 Å². The number of hydrogen-bond donors (Lipinski definition) is 1. The van der Waals surface area contributed by atoms with Gasteiger partial charge in [-0.25, -0.2) is 0 Å². The smallest absolute Gasteiger partial charge is 0.0340 e. The van der Waals surface area contributed by atoms with Crippen LogP contribution in [0.3, 0.4) is 0 Å². The monoisotopic (exact) mass is 283 g/mol. The third kappa shape index (κ3) is 3.40. The minimum atomic E-state index is 0.748. The van der Waals surface area contributed by atoms with Crippen LogP contribution in [-0.4, -0.2) is 7.05 Å². The minimum absolute atomic E-state index is 0.748. The van der Waals surface area contributed by atoms with Crippen LogP contribution in [0.15, 0.2) is 30.5 Å². The van der Waals surface area contributed by atoms with E-state index in [9.17, 15) is 0 Å². The van der Waals surface area contributed by atoms with Gasteiger partial charge in [-0.05, 0) is 56.2 Å². The SMILES string of the molecule is C=C(NC)/C(=C/C)c1cc(C)cc(C2CCCCC2)c1C. The number of allylic oxidation sites excluding steroid dienone is 2. The summed E-state index contributed by atoms with van der Waals surface area (Å²) in [7, 11) is 1.94. The van der Waals surface area contributed by atoms with Crippen molar-refractivity contribution in [2.24, 2.45) is 0 Å². The first-order chi connectivity index (χ1) is 10.1. The van der Waals surface area contributed by atoms with E-state index in [0.29, 0.717) is 0 Å². The molecule has 21 heavy (non-hydrogen) atoms. The molecule has 0 unspecified atom stereocenters. The maximum atomic E-state index is 4.15. The predicted octanol–water partition coefficient (Wildman–Crippen LogP) is 5.49. The molecular weight excluding hydrogens is 254 g/mol. The molecule has 1 aliphatic carbocycles. The first-order valence-corrected chi connectivity index (χ1v) is 8.23. The third-order valence-corrected chi connectivity index (χ3v) is 4.84. The molecule has 0 aromatic heterocycles. The van der Waals surface area contributed by atoms with Crippen molar-refractivity contribution >= 4 is 5.57 Å². The van der Waals surface area contributed by atoms with E-state index in [1.54, 1.807) is 5.56 Å². The topological polar surface area (TPSA) is 12.0 Å². The lowest BCUT2D eigenvalue weighted by molar-refractivity contribution is 0.442. The second kappa shape index (κ2) is 6.98. The van der Waals surface area contributed by atoms with Crippen LogP contribution in [0.1, 0.15) is 67.2 Å². The molecule has 1 N–H and O–H groups in total. The Hall–Kier alpha value is -1.50. The van der Waals surface area contributed by atoms with Gasteiger partial charge in [-0.3, -0.25) is 0 Å². The highest BCUT2D eigenvalue weighted by atomic mass is 14.8. The summed E-state index contributed by atoms with van der Waals surface area (Å²) in [6.07, 6.45) is 9.04. The number of nitrogens with one attached hydrogen (secondary N) is 1. The molecule has 0 amide bonds. The summed E-state index contributed by atoms with van der Waals surface area (Å²) in [6.45, 7) is 10.7. The Morgan fingerprint density at radius 1 is 1.19 bits per heavy atom. The van der Waals surface area contributed by atoms with Gasteiger partial charge in [0.05, 0.1) is 0 Å². The lowest BCUT2D eigenvalue weighted by Crippen LogP contribution is -2.11. The van der Waals surface area contributed by atoms with Crippen molar-refractivity contribution < 1.29 is 0 Å². The van der Waals surface area contributed by atoms with Crippen LogP contribution in [-0.2, 0) is 0 Å². The average molecular weight is 283 g/mol. The van der Waals surface area contributed by atoms with Crippen LogP contribution in [0.25, 0.3) is 5.57 Å². The number of rotatable bonds is 4. The Morgan fingerprint density at radius 2 is 1.86 bits per heavy atom. The fourth-order valence-corrected chi connectivity index (χ4v) is 3.63. The van der Waals surface area contributed by atoms with E-state index in [4.69, 9.17) is 0 Å². The summed E-state index contributed by atoms with van der Waals surface area (Å²) in [5.74, 6) is 0.748. The third-order valence-electron chi connectivity index (χ3n) is 4.84. The van der Waals surface area contributed by atoms with Crippen LogP contribution >= 0.6 is 0 Å². The number of likely N-dealkylation sites (N-methyl/N-ethyl adjacent to an activating group) is 1. The van der Waals surface area contributed by atoms with Crippen LogP contribution < -0.4 is 5.32 Å². The van der Waals surface area contributed by atoms with Gasteiger partial charge >= 0.3 is 0 Å². The van der Waals surface area contributed by atoms with Crippen molar-refractivity contribution in [1.82, 2.24) is 5.32 Å². The van der Waals surface area contributed by atoms with E-state index in [2.05, 4.69) is 50.9 Å². The van der Waals surface area contributed by atoms with Gasteiger partial charge in [0.2, 0.25) is 0 Å². The van der Waals surface area contributed by atoms with Crippen molar-refractivity contribution in [2.75, 3.05) is 7.05 Å². The summed E-state index contributed by atoms with van der Waals surface area (Å²) < 4.78 is 0. The molecular formula is C20H29N. The van der Waals surface area contributed by atoms with Crippen LogP contribution in [0, 0.1) is 13.8 Å². The molecule has 1 saturated carbocycles. The lowest BCUT2D eigenvalue weighted by Gasteiger charge is -2.26. The number of hydrogen-bond acceptors (Lipinski definition) is 1. The fourth-order valence-electron chi connectivity index (χ4n) is 3.63. The van der Waals surface area contributed by atoms with E-state index in [-0.39, 0.29) is 0 Å². The fraction of sp³-hybridized carbons (Fsp3) is 0.500. The van der Waals surface area contributed by atoms with E-state index in [1.807, 2.05) is 7.05 Å². The molecule has 1 heteroatoms. The highest BCUT2D eigenvalue weighted by Crippen LogP contribution is 2.37. The van der Waals surface area contributed by atoms with Crippen molar-refractivity contribution in [2.45, 2.75) is 58.8 Å². The quantitative estimate of drug-likeness (QED) is 0.721. The molecule has 0 heterocycles. The lowest BCUT2D eigenvalue weighted by atomic mass is 9.79. The molecule has 1 nitrogen and oxygen atoms in total. The van der Waals surface area contributed by atoms with Crippen LogP contribution in [0.4, 0.5) is 0 Å². The summed E-state index contributed by atoms with van der Waals surface area (Å²) in [5, 5.41) is 3.20. The standard InChI is InChI=1S/C20H29N/c1-6-18(16(4)21-5)20-13-14(2)12-19(15(20)3)17-10-8-7-9-11-17/h6,12-13,17,21H,4,7-11H2,1-3,5H3/b18-6-. The molecule has 1 aromatic rings. The van der Waals surface area contributed by atoms with Gasteiger partial charge in [0.15, 0.2) is 0 Å². The van der Waals surface area contributed by atoms with Gasteiger partial charge in [-0.15, -0.1) is 0 Å². The first kappa shape index (κ1) is 15.9. The molecule has 0 aliphatic heterocycles. The van der Waals surface area contributed by atoms with Crippen molar-refractivity contribution in [3.8, 4) is 0 Å². The maximum Gasteiger partial charge on any atom is 0.0340 e. The molecule has 114 valence electrons. The molecule has 2 rings (SSSR count). The van der Waals surface area contributed by atoms with E-state index in [1.165, 1.54) is 54.4 Å². The van der Waals surface area contributed by atoms with Gasteiger partial charge in [0, 0.05) is 18.3 Å². The Balaban J connectivity index is 2.47. The van der Waals surface area contributed by atoms with E-state index in [0.717, 1.165) is 11.6 Å². The maximum absolute atomic E-state index is 4.15. The van der Waals surface area contributed by atoms with E-state index < -0.39 is 0 Å². The minimum Gasteiger partial charge on any atom is -0.388 e. The Kier molecular flexibility index (Phi) is 5.27. The zero-order chi connectivity index (χ0) is 15.4. The van der Waals surface area contributed by atoms with Crippen LogP contribution in [0.2, 0.25) is 0 Å². The van der Waals surface area contributed by atoms with Gasteiger partial charge in [-0.2, -0.15) is 0 Å². The van der Waals surface area contributed by atoms with Crippen molar-refractivity contribution in [1.29, 1.82) is 0 Å². The summed E-state index contributed by atoms with van der Waals surface area (Å²) in [6, 6.07) is 4.71. The van der Waals surface area contributed by atoms with Gasteiger partial charge in [0.25, 0.3) is 0 Å². The zero-order valence-electron chi connectivity index (χ0n) is 14.1. The zero-order valence-corrected chi connectivity index (χ0v) is 14.1. The Labute approximate surface area is 130 Å². The molecule has 0 bridgehead atoms. The summed E-state index contributed by atoms with van der Waals surface area (Å²) >= 11 is 0. The molecule has 1 aliphatic rings. The van der Waals surface area contributed by atoms with Gasteiger partial charge in [0.1, 0.15) is 0 Å². The van der Waals surface area contributed by atoms with E-state index >= 15 is 0 Å². The molecule has 0 saturated heterocycles. The van der Waals surface area contributed by atoms with Crippen molar-refractivity contribution in [3.63, 3.8) is 0 Å². The van der Waals surface area contributed by atoms with Gasteiger partial charge < -0.3 is 5.32 Å². The van der Waals surface area contributed by atoms with Gasteiger partial charge in [-0.1, -0.05) is 49.6 Å². The second-order valence-electron chi connectivity index (χ2n) is 6.29. The Bertz CT molecular complexity index is 545. The normalized spacial score (nSPS) is 16.9. The highest BCUT2D eigenvalue weighted by Gasteiger charge is 2.20. The van der Waals surface area contributed by atoms with Crippen molar-refractivity contribution in [3.05, 3.63) is 52.7 Å². The Morgan fingerprint density at radius 3 is 2.43 bits per heavy atom. The molecule has 0 radical (unpaired) electrons. The molecule has 0 atom stereocenters. The predicted molar refractivity (Wildman–Crippen MR) is 93.6 cm³/mol. The summed E-state index contributed by atoms with van der Waals surface area (Å²) in [4.78, 5) is 0. The first-order valence-electron chi connectivity index (χ1n) is 8.23.